The molecular formula is C15H20ClFN2. The Balaban J connectivity index is 1.86. The zero-order valence-electron chi connectivity index (χ0n) is 11.0. The number of rotatable bonds is 3. The van der Waals surface area contributed by atoms with Crippen molar-refractivity contribution in [1.82, 2.24) is 10.2 Å². The summed E-state index contributed by atoms with van der Waals surface area (Å²) >= 11 is 5.80. The van der Waals surface area contributed by atoms with Gasteiger partial charge in [0, 0.05) is 32.2 Å². The fraction of sp³-hybridized carbons (Fsp3) is 0.600. The van der Waals surface area contributed by atoms with Crippen molar-refractivity contribution < 1.29 is 4.39 Å². The Morgan fingerprint density at radius 3 is 2.58 bits per heavy atom. The lowest BCUT2D eigenvalue weighted by molar-refractivity contribution is 0.0835. The van der Waals surface area contributed by atoms with E-state index in [-0.39, 0.29) is 10.8 Å². The Morgan fingerprint density at radius 1 is 1.26 bits per heavy atom. The molecule has 1 aliphatic carbocycles. The van der Waals surface area contributed by atoms with Crippen molar-refractivity contribution in [2.75, 3.05) is 26.2 Å². The fourth-order valence-electron chi connectivity index (χ4n) is 3.19. The van der Waals surface area contributed by atoms with E-state index in [2.05, 4.69) is 10.2 Å². The number of halogens is 2. The van der Waals surface area contributed by atoms with Gasteiger partial charge in [-0.05, 0) is 36.5 Å². The number of hydrogen-bond donors (Lipinski definition) is 1. The molecule has 0 radical (unpaired) electrons. The van der Waals surface area contributed by atoms with Crippen LogP contribution < -0.4 is 5.32 Å². The maximum absolute atomic E-state index is 13.7. The molecule has 1 saturated heterocycles. The van der Waals surface area contributed by atoms with Gasteiger partial charge in [-0.15, -0.1) is 0 Å². The van der Waals surface area contributed by atoms with E-state index >= 15 is 0 Å². The summed E-state index contributed by atoms with van der Waals surface area (Å²) in [6.07, 6.45) is 3.83. The van der Waals surface area contributed by atoms with Crippen molar-refractivity contribution in [3.05, 3.63) is 34.6 Å². The highest BCUT2D eigenvalue weighted by Crippen LogP contribution is 2.41. The molecule has 104 valence electrons. The predicted octanol–water partition coefficient (Wildman–Crippen LogP) is 3.23. The fourth-order valence-corrected chi connectivity index (χ4v) is 3.31. The van der Waals surface area contributed by atoms with Crippen LogP contribution in [-0.4, -0.2) is 31.1 Å². The van der Waals surface area contributed by atoms with Gasteiger partial charge in [0.25, 0.3) is 0 Å². The van der Waals surface area contributed by atoms with Crippen molar-refractivity contribution in [3.63, 3.8) is 0 Å². The monoisotopic (exact) mass is 282 g/mol. The molecule has 19 heavy (non-hydrogen) atoms. The van der Waals surface area contributed by atoms with Gasteiger partial charge in [0.2, 0.25) is 0 Å². The summed E-state index contributed by atoms with van der Waals surface area (Å²) in [6, 6.07) is 5.69. The Kier molecular flexibility index (Phi) is 4.06. The Morgan fingerprint density at radius 2 is 2.00 bits per heavy atom. The van der Waals surface area contributed by atoms with Gasteiger partial charge in [-0.3, -0.25) is 4.90 Å². The van der Waals surface area contributed by atoms with Crippen LogP contribution >= 0.6 is 11.6 Å². The topological polar surface area (TPSA) is 15.3 Å². The highest BCUT2D eigenvalue weighted by atomic mass is 35.5. The number of nitrogens with zero attached hydrogens (tertiary/aromatic N) is 1. The highest BCUT2D eigenvalue weighted by Gasteiger charge is 2.33. The van der Waals surface area contributed by atoms with Crippen LogP contribution in [0, 0.1) is 11.7 Å². The maximum Gasteiger partial charge on any atom is 0.142 e. The van der Waals surface area contributed by atoms with Crippen LogP contribution in [0.25, 0.3) is 0 Å². The van der Waals surface area contributed by atoms with Gasteiger partial charge in [-0.25, -0.2) is 4.39 Å². The van der Waals surface area contributed by atoms with E-state index in [1.807, 2.05) is 6.07 Å². The van der Waals surface area contributed by atoms with E-state index < -0.39 is 0 Å². The molecule has 0 aromatic heterocycles. The summed E-state index contributed by atoms with van der Waals surface area (Å²) in [5.41, 5.74) is 1.09. The highest BCUT2D eigenvalue weighted by molar-refractivity contribution is 6.30. The van der Waals surface area contributed by atoms with E-state index in [0.717, 1.165) is 31.7 Å². The summed E-state index contributed by atoms with van der Waals surface area (Å²) < 4.78 is 13.7. The lowest BCUT2D eigenvalue weighted by Gasteiger charge is -2.43. The molecular weight excluding hydrogens is 263 g/mol. The van der Waals surface area contributed by atoms with Crippen LogP contribution in [0.5, 0.6) is 0 Å². The maximum atomic E-state index is 13.7. The smallest absolute Gasteiger partial charge is 0.142 e. The Bertz CT molecular complexity index is 442. The summed E-state index contributed by atoms with van der Waals surface area (Å²) in [4.78, 5) is 2.50. The summed E-state index contributed by atoms with van der Waals surface area (Å²) in [5.74, 6) is 0.386. The molecule has 1 N–H and O–H groups in total. The predicted molar refractivity (Wildman–Crippen MR) is 75.9 cm³/mol. The van der Waals surface area contributed by atoms with Crippen molar-refractivity contribution in [2.45, 2.75) is 25.3 Å². The molecule has 0 spiro atoms. The molecule has 3 rings (SSSR count). The molecule has 0 bridgehead atoms. The Labute approximate surface area is 118 Å². The van der Waals surface area contributed by atoms with Crippen LogP contribution in [0.15, 0.2) is 18.2 Å². The molecule has 2 fully saturated rings. The zero-order valence-corrected chi connectivity index (χ0v) is 11.8. The second-order valence-corrected chi connectivity index (χ2v) is 6.00. The SMILES string of the molecule is Fc1cc([C@H](C2CCC2)N2CCNCC2)ccc1Cl. The van der Waals surface area contributed by atoms with E-state index in [9.17, 15) is 4.39 Å². The van der Waals surface area contributed by atoms with Crippen LogP contribution in [0.3, 0.4) is 0 Å². The zero-order chi connectivity index (χ0) is 13.2. The van der Waals surface area contributed by atoms with Gasteiger partial charge < -0.3 is 5.32 Å². The van der Waals surface area contributed by atoms with E-state index in [4.69, 9.17) is 11.6 Å². The molecule has 2 nitrogen and oxygen atoms in total. The van der Waals surface area contributed by atoms with Crippen LogP contribution in [-0.2, 0) is 0 Å². The molecule has 1 aromatic carbocycles. The van der Waals surface area contributed by atoms with E-state index in [1.165, 1.54) is 19.3 Å². The van der Waals surface area contributed by atoms with Crippen molar-refractivity contribution in [2.24, 2.45) is 5.92 Å². The first-order chi connectivity index (χ1) is 9.25. The molecule has 1 heterocycles. The van der Waals surface area contributed by atoms with Crippen molar-refractivity contribution in [3.8, 4) is 0 Å². The van der Waals surface area contributed by atoms with Gasteiger partial charge in [0.1, 0.15) is 5.82 Å². The second kappa shape index (κ2) is 5.78. The third-order valence-electron chi connectivity index (χ3n) is 4.43. The molecule has 1 aliphatic heterocycles. The molecule has 0 unspecified atom stereocenters. The minimum atomic E-state index is -0.293. The first-order valence-electron chi connectivity index (χ1n) is 7.15. The number of piperazine rings is 1. The second-order valence-electron chi connectivity index (χ2n) is 5.60. The summed E-state index contributed by atoms with van der Waals surface area (Å²) in [6.45, 7) is 4.15. The van der Waals surface area contributed by atoms with Gasteiger partial charge in [0.05, 0.1) is 5.02 Å². The summed E-state index contributed by atoms with van der Waals surface area (Å²) in [7, 11) is 0. The minimum Gasteiger partial charge on any atom is -0.314 e. The quantitative estimate of drug-likeness (QED) is 0.916. The van der Waals surface area contributed by atoms with Crippen molar-refractivity contribution in [1.29, 1.82) is 0 Å². The molecule has 2 aliphatic rings. The van der Waals surface area contributed by atoms with Crippen LogP contribution in [0.2, 0.25) is 5.02 Å². The normalized spacial score (nSPS) is 23.1. The number of benzene rings is 1. The number of nitrogens with one attached hydrogen (secondary N) is 1. The molecule has 1 atom stereocenters. The lowest BCUT2D eigenvalue weighted by atomic mass is 9.76. The standard InChI is InChI=1S/C15H20ClFN2/c16-13-5-4-12(10-14(13)17)15(11-2-1-3-11)19-8-6-18-7-9-19/h4-5,10-11,15,18H,1-3,6-9H2/t15-/m0/s1. The Hall–Kier alpha value is -0.640. The van der Waals surface area contributed by atoms with E-state index in [1.54, 1.807) is 12.1 Å². The van der Waals surface area contributed by atoms with Crippen LogP contribution in [0.1, 0.15) is 30.9 Å². The molecule has 1 aromatic rings. The largest absolute Gasteiger partial charge is 0.314 e. The summed E-state index contributed by atoms with van der Waals surface area (Å²) in [5, 5.41) is 3.60. The molecule has 4 heteroatoms. The van der Waals surface area contributed by atoms with Gasteiger partial charge >= 0.3 is 0 Å². The van der Waals surface area contributed by atoms with Gasteiger partial charge in [-0.1, -0.05) is 24.1 Å². The molecule has 1 saturated carbocycles. The first kappa shape index (κ1) is 13.3. The minimum absolute atomic E-state index is 0.219. The van der Waals surface area contributed by atoms with E-state index in [0.29, 0.717) is 12.0 Å². The first-order valence-corrected chi connectivity index (χ1v) is 7.53. The van der Waals surface area contributed by atoms with Crippen LogP contribution in [0.4, 0.5) is 4.39 Å². The third kappa shape index (κ3) is 2.78. The van der Waals surface area contributed by atoms with Crippen molar-refractivity contribution >= 4 is 11.6 Å². The molecule has 0 amide bonds. The average Bonchev–Trinajstić information content (AvgIpc) is 2.38. The third-order valence-corrected chi connectivity index (χ3v) is 4.73. The lowest BCUT2D eigenvalue weighted by Crippen LogP contribution is -2.47. The average molecular weight is 283 g/mol. The van der Waals surface area contributed by atoms with Gasteiger partial charge in [-0.2, -0.15) is 0 Å². The van der Waals surface area contributed by atoms with Gasteiger partial charge in [0.15, 0.2) is 0 Å². The number of hydrogen-bond acceptors (Lipinski definition) is 2.